The van der Waals surface area contributed by atoms with Crippen molar-refractivity contribution in [2.75, 3.05) is 0 Å². The van der Waals surface area contributed by atoms with Crippen molar-refractivity contribution in [2.45, 2.75) is 6.17 Å². The van der Waals surface area contributed by atoms with Gasteiger partial charge in [-0.25, -0.2) is 9.98 Å². The van der Waals surface area contributed by atoms with Gasteiger partial charge in [-0.1, -0.05) is 140 Å². The van der Waals surface area contributed by atoms with Gasteiger partial charge >= 0.3 is 0 Å². The van der Waals surface area contributed by atoms with Gasteiger partial charge < -0.3 is 9.88 Å². The molecule has 1 unspecified atom stereocenters. The Morgan fingerprint density at radius 2 is 1.02 bits per heavy atom. The molecule has 0 spiro atoms. The van der Waals surface area contributed by atoms with E-state index >= 15 is 0 Å². The fourth-order valence-electron chi connectivity index (χ4n) is 8.81. The summed E-state index contributed by atoms with van der Waals surface area (Å²) in [6.07, 6.45) is -0.262. The first kappa shape index (κ1) is 32.4. The maximum atomic E-state index is 5.27. The Balaban J connectivity index is 1.09. The van der Waals surface area contributed by atoms with Gasteiger partial charge in [-0.15, -0.1) is 22.7 Å². The lowest BCUT2D eigenvalue weighted by Crippen LogP contribution is -2.33. The smallest absolute Gasteiger partial charge is 0.160 e. The summed E-state index contributed by atoms with van der Waals surface area (Å²) in [6, 6.07) is 65.4. The van der Waals surface area contributed by atoms with Gasteiger partial charge in [0.25, 0.3) is 0 Å². The third kappa shape index (κ3) is 5.04. The molecule has 0 saturated carbocycles. The third-order valence-electron chi connectivity index (χ3n) is 11.3. The third-order valence-corrected chi connectivity index (χ3v) is 13.6. The van der Waals surface area contributed by atoms with E-state index in [4.69, 9.17) is 9.98 Å². The Bertz CT molecular complexity index is 3390. The predicted molar refractivity (Wildman–Crippen MR) is 244 cm³/mol. The Kier molecular flexibility index (Phi) is 7.30. The number of amidine groups is 2. The van der Waals surface area contributed by atoms with Gasteiger partial charge in [0.05, 0.1) is 16.7 Å². The monoisotopic (exact) mass is 764 g/mol. The SMILES string of the molecule is c1ccc(C2=NC(c3cccc4c3sc3cccc(-c5cccc6sc7cccc(-n8c9ccccc9c9ccccc98)c7c56)c34)=NC(c3ccccc3)N2)cc1. The van der Waals surface area contributed by atoms with Crippen LogP contribution < -0.4 is 5.32 Å². The molecule has 0 saturated heterocycles. The molecule has 57 heavy (non-hydrogen) atoms. The molecule has 8 aromatic carbocycles. The summed E-state index contributed by atoms with van der Waals surface area (Å²) in [4.78, 5) is 10.5. The lowest BCUT2D eigenvalue weighted by atomic mass is 9.94. The van der Waals surface area contributed by atoms with Crippen LogP contribution in [-0.4, -0.2) is 16.2 Å². The van der Waals surface area contributed by atoms with Crippen LogP contribution in [0.2, 0.25) is 0 Å². The Labute approximate surface area is 336 Å². The van der Waals surface area contributed by atoms with E-state index in [1.807, 2.05) is 34.8 Å². The van der Waals surface area contributed by atoms with Crippen molar-refractivity contribution in [1.29, 1.82) is 0 Å². The highest BCUT2D eigenvalue weighted by Gasteiger charge is 2.25. The lowest BCUT2D eigenvalue weighted by Gasteiger charge is -2.23. The standard InChI is InChI=1S/C51H32N4S2/c1-3-15-31(16-4-1)49-52-50(32-17-5-2-6-18-32)54-51(53-49)38-24-11-23-37-45-35(21-12-28-42(45)57-48(37)38)36-22-13-29-43-46(36)47-41(27-14-30-44(47)56-43)55-39-25-9-7-19-33(39)34-20-8-10-26-40(34)55/h1-30,49H,(H,52,53,54). The number of hydrogen-bond donors (Lipinski definition) is 1. The van der Waals surface area contributed by atoms with Crippen molar-refractivity contribution >= 4 is 96.5 Å². The Morgan fingerprint density at radius 3 is 1.75 bits per heavy atom. The van der Waals surface area contributed by atoms with Crippen LogP contribution in [0.4, 0.5) is 0 Å². The van der Waals surface area contributed by atoms with Crippen molar-refractivity contribution < 1.29 is 0 Å². The molecule has 0 fully saturated rings. The van der Waals surface area contributed by atoms with Crippen molar-refractivity contribution in [1.82, 2.24) is 9.88 Å². The van der Waals surface area contributed by atoms with Crippen LogP contribution in [-0.2, 0) is 0 Å². The van der Waals surface area contributed by atoms with Crippen molar-refractivity contribution in [3.63, 3.8) is 0 Å². The molecule has 1 aliphatic heterocycles. The van der Waals surface area contributed by atoms with Crippen LogP contribution >= 0.6 is 22.7 Å². The summed E-state index contributed by atoms with van der Waals surface area (Å²) >= 11 is 3.70. The molecule has 4 heterocycles. The van der Waals surface area contributed by atoms with Crippen LogP contribution in [0.25, 0.3) is 79.0 Å². The number of fused-ring (bicyclic) bond motifs is 9. The molecule has 268 valence electrons. The van der Waals surface area contributed by atoms with Gasteiger partial charge in [-0.2, -0.15) is 0 Å². The summed E-state index contributed by atoms with van der Waals surface area (Å²) in [7, 11) is 0. The van der Waals surface area contributed by atoms with E-state index in [2.05, 4.69) is 180 Å². The van der Waals surface area contributed by atoms with Crippen molar-refractivity contribution in [2.24, 2.45) is 9.98 Å². The highest BCUT2D eigenvalue weighted by molar-refractivity contribution is 7.26. The van der Waals surface area contributed by atoms with Crippen LogP contribution in [0.3, 0.4) is 0 Å². The highest BCUT2D eigenvalue weighted by Crippen LogP contribution is 2.48. The van der Waals surface area contributed by atoms with E-state index in [0.717, 1.165) is 28.4 Å². The van der Waals surface area contributed by atoms with Crippen LogP contribution in [0, 0.1) is 0 Å². The summed E-state index contributed by atoms with van der Waals surface area (Å²) in [6.45, 7) is 0. The molecule has 1 N–H and O–H groups in total. The highest BCUT2D eigenvalue weighted by atomic mass is 32.1. The molecule has 1 atom stereocenters. The topological polar surface area (TPSA) is 41.7 Å². The largest absolute Gasteiger partial charge is 0.344 e. The second kappa shape index (κ2) is 12.8. The zero-order valence-electron chi connectivity index (χ0n) is 30.6. The first-order chi connectivity index (χ1) is 28.3. The molecule has 0 amide bonds. The van der Waals surface area contributed by atoms with E-state index in [1.165, 1.54) is 79.0 Å². The summed E-state index contributed by atoms with van der Waals surface area (Å²) < 4.78 is 7.47. The molecule has 1 aliphatic rings. The Morgan fingerprint density at radius 1 is 0.456 bits per heavy atom. The zero-order chi connectivity index (χ0) is 37.5. The van der Waals surface area contributed by atoms with Crippen LogP contribution in [0.1, 0.15) is 22.9 Å². The number of rotatable bonds is 5. The molecule has 11 aromatic rings. The van der Waals surface area contributed by atoms with E-state index in [1.54, 1.807) is 0 Å². The van der Waals surface area contributed by atoms with Crippen molar-refractivity contribution in [3.8, 4) is 16.8 Å². The molecular weight excluding hydrogens is 733 g/mol. The fraction of sp³-hybridized carbons (Fsp3) is 0.0196. The minimum Gasteiger partial charge on any atom is -0.344 e. The average Bonchev–Trinajstić information content (AvgIpc) is 3.97. The van der Waals surface area contributed by atoms with Crippen LogP contribution in [0.15, 0.2) is 192 Å². The molecule has 4 nitrogen and oxygen atoms in total. The van der Waals surface area contributed by atoms with E-state index < -0.39 is 0 Å². The number of para-hydroxylation sites is 2. The number of nitrogens with one attached hydrogen (secondary N) is 1. The predicted octanol–water partition coefficient (Wildman–Crippen LogP) is 13.7. The fourth-order valence-corrected chi connectivity index (χ4v) is 11.2. The van der Waals surface area contributed by atoms with Crippen molar-refractivity contribution in [3.05, 3.63) is 199 Å². The zero-order valence-corrected chi connectivity index (χ0v) is 32.2. The minimum atomic E-state index is -0.262. The minimum absolute atomic E-state index is 0.262. The quantitative estimate of drug-likeness (QED) is 0.186. The van der Waals surface area contributed by atoms with E-state index in [9.17, 15) is 0 Å². The second-order valence-corrected chi connectivity index (χ2v) is 16.6. The number of aliphatic imine (C=N–C) groups is 2. The van der Waals surface area contributed by atoms with E-state index in [0.29, 0.717) is 0 Å². The number of benzene rings is 8. The van der Waals surface area contributed by atoms with Gasteiger partial charge in [-0.05, 0) is 59.2 Å². The molecular formula is C51H32N4S2. The van der Waals surface area contributed by atoms with Crippen LogP contribution in [0.5, 0.6) is 0 Å². The molecule has 0 aliphatic carbocycles. The number of aromatic nitrogens is 1. The summed E-state index contributed by atoms with van der Waals surface area (Å²) in [5.41, 5.74) is 9.30. The molecule has 0 bridgehead atoms. The average molecular weight is 765 g/mol. The number of hydrogen-bond acceptors (Lipinski definition) is 5. The van der Waals surface area contributed by atoms with Gasteiger partial charge in [-0.3, -0.25) is 0 Å². The maximum absolute atomic E-state index is 5.27. The lowest BCUT2D eigenvalue weighted by molar-refractivity contribution is 0.674. The molecule has 6 heteroatoms. The first-order valence-electron chi connectivity index (χ1n) is 19.2. The Hall–Kier alpha value is -6.86. The second-order valence-electron chi connectivity index (χ2n) is 14.5. The molecule has 0 radical (unpaired) electrons. The number of thiophene rings is 2. The van der Waals surface area contributed by atoms with Gasteiger partial charge in [0.1, 0.15) is 12.0 Å². The normalized spacial score (nSPS) is 14.5. The van der Waals surface area contributed by atoms with Gasteiger partial charge in [0.2, 0.25) is 0 Å². The van der Waals surface area contributed by atoms with Gasteiger partial charge in [0, 0.05) is 62.2 Å². The van der Waals surface area contributed by atoms with Gasteiger partial charge in [0.15, 0.2) is 5.84 Å². The summed E-state index contributed by atoms with van der Waals surface area (Å²) in [5, 5.41) is 11.2. The maximum Gasteiger partial charge on any atom is 0.160 e. The molecule has 3 aromatic heterocycles. The summed E-state index contributed by atoms with van der Waals surface area (Å²) in [5.74, 6) is 1.56. The molecule has 12 rings (SSSR count). The number of nitrogens with zero attached hydrogens (tertiary/aromatic N) is 3. The first-order valence-corrected chi connectivity index (χ1v) is 20.8. The van der Waals surface area contributed by atoms with E-state index in [-0.39, 0.29) is 6.17 Å².